The number of carbonyl (C=O) groups is 4. The van der Waals surface area contributed by atoms with Crippen LogP contribution < -0.4 is 16.4 Å². The lowest BCUT2D eigenvalue weighted by Gasteiger charge is -2.43. The molecule has 2 aliphatic rings. The molecule has 4 amide bonds. The highest BCUT2D eigenvalue weighted by atomic mass is 16.2. The van der Waals surface area contributed by atoms with Gasteiger partial charge < -0.3 is 26.3 Å². The van der Waals surface area contributed by atoms with Crippen molar-refractivity contribution in [3.05, 3.63) is 18.2 Å². The van der Waals surface area contributed by atoms with E-state index in [-0.39, 0.29) is 18.2 Å². The molecular weight excluding hydrogens is 352 g/mol. The van der Waals surface area contributed by atoms with Crippen LogP contribution >= 0.6 is 0 Å². The maximum Gasteiger partial charge on any atom is 0.246 e. The number of amides is 4. The topological polar surface area (TPSA) is 150 Å². The van der Waals surface area contributed by atoms with Crippen molar-refractivity contribution in [3.63, 3.8) is 0 Å². The van der Waals surface area contributed by atoms with E-state index >= 15 is 0 Å². The number of likely N-dealkylation sites (tertiary alicyclic amines) is 1. The van der Waals surface area contributed by atoms with Crippen molar-refractivity contribution in [3.8, 4) is 0 Å². The zero-order valence-electron chi connectivity index (χ0n) is 15.3. The molecule has 0 spiro atoms. The molecule has 10 nitrogen and oxygen atoms in total. The summed E-state index contributed by atoms with van der Waals surface area (Å²) in [4.78, 5) is 57.2. The van der Waals surface area contributed by atoms with Crippen LogP contribution in [0.5, 0.6) is 0 Å². The summed E-state index contributed by atoms with van der Waals surface area (Å²) in [6.07, 6.45) is 4.42. The summed E-state index contributed by atoms with van der Waals surface area (Å²) < 4.78 is 0. The van der Waals surface area contributed by atoms with E-state index in [2.05, 4.69) is 20.6 Å². The maximum absolute atomic E-state index is 13.1. The third kappa shape index (κ3) is 3.51. The fraction of sp³-hybridized carbons (Fsp3) is 0.588. The van der Waals surface area contributed by atoms with Gasteiger partial charge in [-0.25, -0.2) is 4.98 Å². The number of aromatic nitrogens is 2. The van der Waals surface area contributed by atoms with Gasteiger partial charge in [-0.2, -0.15) is 0 Å². The van der Waals surface area contributed by atoms with E-state index < -0.39 is 35.4 Å². The lowest BCUT2D eigenvalue weighted by atomic mass is 9.75. The Balaban J connectivity index is 1.77. The minimum Gasteiger partial charge on any atom is -0.368 e. The van der Waals surface area contributed by atoms with Gasteiger partial charge in [-0.1, -0.05) is 0 Å². The summed E-state index contributed by atoms with van der Waals surface area (Å²) in [5.41, 5.74) is 5.24. The minimum absolute atomic E-state index is 0.188. The van der Waals surface area contributed by atoms with Crippen LogP contribution in [0.4, 0.5) is 0 Å². The molecule has 0 saturated carbocycles. The Bertz CT molecular complexity index is 759. The first-order chi connectivity index (χ1) is 12.7. The van der Waals surface area contributed by atoms with Gasteiger partial charge in [-0.15, -0.1) is 0 Å². The van der Waals surface area contributed by atoms with Crippen LogP contribution in [-0.4, -0.2) is 63.2 Å². The van der Waals surface area contributed by atoms with Crippen LogP contribution in [0.1, 0.15) is 32.4 Å². The van der Waals surface area contributed by atoms with Gasteiger partial charge in [0.15, 0.2) is 0 Å². The smallest absolute Gasteiger partial charge is 0.246 e. The van der Waals surface area contributed by atoms with E-state index in [1.54, 1.807) is 20.0 Å². The van der Waals surface area contributed by atoms with Crippen LogP contribution in [0.2, 0.25) is 0 Å². The first-order valence-electron chi connectivity index (χ1n) is 8.90. The molecule has 2 aliphatic heterocycles. The third-order valence-corrected chi connectivity index (χ3v) is 5.30. The fourth-order valence-electron chi connectivity index (χ4n) is 3.54. The highest BCUT2D eigenvalue weighted by molar-refractivity contribution is 6.03. The lowest BCUT2D eigenvalue weighted by Crippen LogP contribution is -2.71. The summed E-state index contributed by atoms with van der Waals surface area (Å²) in [6.45, 7) is 3.75. The summed E-state index contributed by atoms with van der Waals surface area (Å²) in [7, 11) is 0. The summed E-state index contributed by atoms with van der Waals surface area (Å²) >= 11 is 0. The number of rotatable bonds is 6. The molecule has 146 valence electrons. The highest BCUT2D eigenvalue weighted by Gasteiger charge is 2.52. The molecule has 0 aliphatic carbocycles. The third-order valence-electron chi connectivity index (χ3n) is 5.30. The Kier molecular flexibility index (Phi) is 4.90. The molecule has 10 heteroatoms. The predicted octanol–water partition coefficient (Wildman–Crippen LogP) is -1.56. The minimum atomic E-state index is -0.897. The quantitative estimate of drug-likeness (QED) is 0.443. The normalized spacial score (nSPS) is 24.7. The first kappa shape index (κ1) is 18.9. The monoisotopic (exact) mass is 376 g/mol. The number of nitrogens with one attached hydrogen (secondary N) is 3. The van der Waals surface area contributed by atoms with Crippen LogP contribution in [0.25, 0.3) is 0 Å². The number of carbonyl (C=O) groups excluding carboxylic acids is 4. The van der Waals surface area contributed by atoms with Gasteiger partial charge in [0.1, 0.15) is 18.1 Å². The molecule has 0 radical (unpaired) electrons. The highest BCUT2D eigenvalue weighted by Crippen LogP contribution is 2.30. The number of aromatic amines is 1. The molecule has 2 fully saturated rings. The number of nitrogens with two attached hydrogens (primary N) is 1. The largest absolute Gasteiger partial charge is 0.368 e. The molecule has 3 atom stereocenters. The van der Waals surface area contributed by atoms with Crippen molar-refractivity contribution in [2.75, 3.05) is 6.54 Å². The molecule has 27 heavy (non-hydrogen) atoms. The fourth-order valence-corrected chi connectivity index (χ4v) is 3.54. The van der Waals surface area contributed by atoms with Gasteiger partial charge in [0.25, 0.3) is 0 Å². The molecule has 0 bridgehead atoms. The molecule has 0 aromatic carbocycles. The van der Waals surface area contributed by atoms with E-state index in [0.29, 0.717) is 25.1 Å². The predicted molar refractivity (Wildman–Crippen MR) is 93.9 cm³/mol. The Morgan fingerprint density at radius 3 is 2.74 bits per heavy atom. The lowest BCUT2D eigenvalue weighted by molar-refractivity contribution is -0.151. The van der Waals surface area contributed by atoms with Gasteiger partial charge >= 0.3 is 0 Å². The molecular formula is C17H24N6O4. The number of imidazole rings is 1. The zero-order chi connectivity index (χ0) is 19.8. The van der Waals surface area contributed by atoms with Gasteiger partial charge in [0.05, 0.1) is 11.7 Å². The van der Waals surface area contributed by atoms with Crippen molar-refractivity contribution in [2.24, 2.45) is 11.1 Å². The number of nitrogens with zero attached hydrogens (tertiary/aromatic N) is 2. The Morgan fingerprint density at radius 1 is 1.44 bits per heavy atom. The number of β-lactam (4-membered cyclic amide) rings is 1. The Hall–Kier alpha value is -2.91. The van der Waals surface area contributed by atoms with Crippen molar-refractivity contribution < 1.29 is 19.2 Å². The Labute approximate surface area is 156 Å². The Morgan fingerprint density at radius 2 is 2.19 bits per heavy atom. The van der Waals surface area contributed by atoms with Gasteiger partial charge in [-0.05, 0) is 26.7 Å². The summed E-state index contributed by atoms with van der Waals surface area (Å²) in [5, 5.41) is 5.29. The molecule has 2 saturated heterocycles. The molecule has 0 unspecified atom stereocenters. The number of primary amides is 1. The van der Waals surface area contributed by atoms with E-state index in [1.165, 1.54) is 11.2 Å². The average molecular weight is 376 g/mol. The van der Waals surface area contributed by atoms with E-state index in [9.17, 15) is 19.2 Å². The molecule has 1 aromatic rings. The summed E-state index contributed by atoms with van der Waals surface area (Å²) in [5.74, 6) is -1.58. The maximum atomic E-state index is 13.1. The van der Waals surface area contributed by atoms with E-state index in [4.69, 9.17) is 5.73 Å². The van der Waals surface area contributed by atoms with E-state index in [1.807, 2.05) is 0 Å². The van der Waals surface area contributed by atoms with Crippen molar-refractivity contribution in [2.45, 2.75) is 51.2 Å². The standard InChI is InChI=1S/C17H24N6O4/c1-17(2)12(22-16(17)27)14(25)21-10(6-9-7-19-8-20-9)15(26)23-5-3-4-11(23)13(18)24/h7-8,10-12H,3-6H2,1-2H3,(H2,18,24)(H,19,20)(H,21,25)(H,22,27)/t10-,11-,12+/m0/s1. The SMILES string of the molecule is CC1(C)C(=O)N[C@@H]1C(=O)N[C@@H](Cc1cnc[nH]1)C(=O)N1CCC[C@H]1C(N)=O. The van der Waals surface area contributed by atoms with Gasteiger partial charge in [0, 0.05) is 24.9 Å². The summed E-state index contributed by atoms with van der Waals surface area (Å²) in [6, 6.07) is -2.28. The zero-order valence-corrected chi connectivity index (χ0v) is 15.3. The molecule has 3 rings (SSSR count). The van der Waals surface area contributed by atoms with Crippen LogP contribution in [0.3, 0.4) is 0 Å². The second-order valence-corrected chi connectivity index (χ2v) is 7.56. The van der Waals surface area contributed by atoms with Crippen molar-refractivity contribution in [1.29, 1.82) is 0 Å². The van der Waals surface area contributed by atoms with Crippen molar-refractivity contribution in [1.82, 2.24) is 25.5 Å². The second kappa shape index (κ2) is 7.01. The second-order valence-electron chi connectivity index (χ2n) is 7.56. The average Bonchev–Trinajstić information content (AvgIpc) is 3.29. The molecule has 1 aromatic heterocycles. The number of H-pyrrole nitrogens is 1. The van der Waals surface area contributed by atoms with Crippen LogP contribution in [-0.2, 0) is 25.6 Å². The van der Waals surface area contributed by atoms with Crippen molar-refractivity contribution >= 4 is 23.6 Å². The number of hydrogen-bond donors (Lipinski definition) is 4. The first-order valence-corrected chi connectivity index (χ1v) is 8.90. The van der Waals surface area contributed by atoms with Crippen LogP contribution in [0.15, 0.2) is 12.5 Å². The number of hydrogen-bond acceptors (Lipinski definition) is 5. The van der Waals surface area contributed by atoms with E-state index in [0.717, 1.165) is 0 Å². The van der Waals surface area contributed by atoms with Crippen LogP contribution in [0, 0.1) is 5.41 Å². The van der Waals surface area contributed by atoms with Gasteiger partial charge in [-0.3, -0.25) is 19.2 Å². The molecule has 3 heterocycles. The molecule has 5 N–H and O–H groups in total. The van der Waals surface area contributed by atoms with Gasteiger partial charge in [0.2, 0.25) is 23.6 Å².